The van der Waals surface area contributed by atoms with Gasteiger partial charge in [0.2, 0.25) is 5.91 Å². The van der Waals surface area contributed by atoms with E-state index in [0.29, 0.717) is 11.8 Å². The first kappa shape index (κ1) is 19.0. The van der Waals surface area contributed by atoms with E-state index in [-0.39, 0.29) is 11.7 Å². The molecule has 0 aliphatic carbocycles. The summed E-state index contributed by atoms with van der Waals surface area (Å²) in [6.45, 7) is 4.58. The Balaban J connectivity index is 1.62. The highest BCUT2D eigenvalue weighted by Gasteiger charge is 2.13. The number of carbonyl (C=O) groups is 1. The maximum Gasteiger partial charge on any atom is 0.234 e. The number of rotatable bonds is 7. The van der Waals surface area contributed by atoms with E-state index in [0.717, 1.165) is 28.4 Å². The number of carbonyl (C=O) groups excluding carboxylic acids is 1. The number of ether oxygens (including phenoxy) is 1. The van der Waals surface area contributed by atoms with E-state index < -0.39 is 0 Å². The van der Waals surface area contributed by atoms with Gasteiger partial charge in [-0.1, -0.05) is 23.9 Å². The summed E-state index contributed by atoms with van der Waals surface area (Å²) in [6, 6.07) is 15.5. The lowest BCUT2D eigenvalue weighted by molar-refractivity contribution is -0.113. The molecule has 0 unspecified atom stereocenters. The molecule has 3 rings (SSSR count). The average Bonchev–Trinajstić information content (AvgIpc) is 3.02. The summed E-state index contributed by atoms with van der Waals surface area (Å²) in [4.78, 5) is 12.2. The lowest BCUT2D eigenvalue weighted by Gasteiger charge is -2.07. The van der Waals surface area contributed by atoms with Crippen LogP contribution in [0.5, 0.6) is 5.75 Å². The van der Waals surface area contributed by atoms with Crippen molar-refractivity contribution in [2.75, 3.05) is 17.7 Å². The number of hydrogen-bond acceptors (Lipinski definition) is 5. The Morgan fingerprint density at radius 2 is 1.96 bits per heavy atom. The molecule has 27 heavy (non-hydrogen) atoms. The number of nitrogens with zero attached hydrogens (tertiary/aromatic N) is 3. The van der Waals surface area contributed by atoms with E-state index in [1.807, 2.05) is 74.0 Å². The van der Waals surface area contributed by atoms with Crippen molar-refractivity contribution < 1.29 is 9.53 Å². The smallest absolute Gasteiger partial charge is 0.234 e. The van der Waals surface area contributed by atoms with Gasteiger partial charge in [-0.3, -0.25) is 4.79 Å². The van der Waals surface area contributed by atoms with Crippen LogP contribution in [0.4, 0.5) is 5.69 Å². The van der Waals surface area contributed by atoms with Gasteiger partial charge >= 0.3 is 0 Å². The van der Waals surface area contributed by atoms with Gasteiger partial charge in [-0.15, -0.1) is 10.2 Å². The second kappa shape index (κ2) is 8.73. The second-order valence-electron chi connectivity index (χ2n) is 6.03. The first-order valence-corrected chi connectivity index (χ1v) is 9.67. The number of nitrogens with one attached hydrogen (secondary N) is 1. The molecule has 140 valence electrons. The Morgan fingerprint density at radius 3 is 2.67 bits per heavy atom. The van der Waals surface area contributed by atoms with Crippen LogP contribution in [-0.4, -0.2) is 33.0 Å². The van der Waals surface area contributed by atoms with Crippen molar-refractivity contribution in [1.82, 2.24) is 14.8 Å². The molecule has 0 bridgehead atoms. The van der Waals surface area contributed by atoms with Crippen molar-refractivity contribution >= 4 is 23.4 Å². The number of aryl methyl sites for hydroxylation is 1. The molecule has 3 aromatic rings. The quantitative estimate of drug-likeness (QED) is 0.627. The summed E-state index contributed by atoms with van der Waals surface area (Å²) in [5, 5.41) is 12.1. The van der Waals surface area contributed by atoms with Gasteiger partial charge in [0.05, 0.1) is 12.4 Å². The Kier molecular flexibility index (Phi) is 6.13. The molecule has 0 saturated carbocycles. The molecule has 0 aliphatic rings. The van der Waals surface area contributed by atoms with Crippen LogP contribution in [0.2, 0.25) is 0 Å². The topological polar surface area (TPSA) is 69.0 Å². The lowest BCUT2D eigenvalue weighted by Crippen LogP contribution is -2.14. The third kappa shape index (κ3) is 4.89. The molecular weight excluding hydrogens is 360 g/mol. The van der Waals surface area contributed by atoms with E-state index in [1.165, 1.54) is 11.8 Å². The third-order valence-electron chi connectivity index (χ3n) is 3.89. The fourth-order valence-corrected chi connectivity index (χ4v) is 3.32. The van der Waals surface area contributed by atoms with E-state index >= 15 is 0 Å². The molecule has 0 aliphatic heterocycles. The van der Waals surface area contributed by atoms with Crippen molar-refractivity contribution in [1.29, 1.82) is 0 Å². The number of thioether (sulfide) groups is 1. The van der Waals surface area contributed by atoms with E-state index in [9.17, 15) is 4.79 Å². The first-order chi connectivity index (χ1) is 13.1. The Hall–Kier alpha value is -2.80. The molecule has 0 fully saturated rings. The minimum atomic E-state index is -0.0729. The highest BCUT2D eigenvalue weighted by Crippen LogP contribution is 2.24. The first-order valence-electron chi connectivity index (χ1n) is 8.68. The minimum absolute atomic E-state index is 0.0729. The Labute approximate surface area is 163 Å². The van der Waals surface area contributed by atoms with Crippen molar-refractivity contribution in [2.45, 2.75) is 19.0 Å². The van der Waals surface area contributed by atoms with Gasteiger partial charge < -0.3 is 14.6 Å². The van der Waals surface area contributed by atoms with Crippen molar-refractivity contribution in [2.24, 2.45) is 7.05 Å². The van der Waals surface area contributed by atoms with Gasteiger partial charge in [0.25, 0.3) is 0 Å². The van der Waals surface area contributed by atoms with Crippen LogP contribution in [0, 0.1) is 6.92 Å². The number of benzene rings is 2. The molecular formula is C20H22N4O2S. The van der Waals surface area contributed by atoms with Crippen molar-refractivity contribution in [3.05, 3.63) is 54.1 Å². The van der Waals surface area contributed by atoms with Gasteiger partial charge in [0, 0.05) is 18.3 Å². The summed E-state index contributed by atoms with van der Waals surface area (Å²) < 4.78 is 7.35. The number of hydrogen-bond donors (Lipinski definition) is 1. The minimum Gasteiger partial charge on any atom is -0.494 e. The SMILES string of the molecule is CCOc1ccc(-c2nnc(SCC(=O)Nc3cccc(C)c3)n2C)cc1. The van der Waals surface area contributed by atoms with Gasteiger partial charge in [0.15, 0.2) is 11.0 Å². The van der Waals surface area contributed by atoms with Crippen LogP contribution in [0.25, 0.3) is 11.4 Å². The van der Waals surface area contributed by atoms with E-state index in [1.54, 1.807) is 0 Å². The number of amides is 1. The predicted octanol–water partition coefficient (Wildman–Crippen LogP) is 3.92. The molecule has 1 N–H and O–H groups in total. The maximum absolute atomic E-state index is 12.2. The summed E-state index contributed by atoms with van der Waals surface area (Å²) in [7, 11) is 1.90. The van der Waals surface area contributed by atoms with Crippen LogP contribution in [0.3, 0.4) is 0 Å². The summed E-state index contributed by atoms with van der Waals surface area (Å²) >= 11 is 1.36. The molecule has 1 aromatic heterocycles. The largest absolute Gasteiger partial charge is 0.494 e. The highest BCUT2D eigenvalue weighted by atomic mass is 32.2. The lowest BCUT2D eigenvalue weighted by atomic mass is 10.2. The Morgan fingerprint density at radius 1 is 1.19 bits per heavy atom. The van der Waals surface area contributed by atoms with Crippen LogP contribution >= 0.6 is 11.8 Å². The molecule has 1 amide bonds. The average molecular weight is 382 g/mol. The van der Waals surface area contributed by atoms with Crippen LogP contribution < -0.4 is 10.1 Å². The molecule has 6 nitrogen and oxygen atoms in total. The molecule has 0 spiro atoms. The fourth-order valence-electron chi connectivity index (χ4n) is 2.61. The van der Waals surface area contributed by atoms with Gasteiger partial charge in [-0.05, 0) is 55.8 Å². The zero-order valence-electron chi connectivity index (χ0n) is 15.6. The second-order valence-corrected chi connectivity index (χ2v) is 6.97. The van der Waals surface area contributed by atoms with Crippen LogP contribution in [0.1, 0.15) is 12.5 Å². The van der Waals surface area contributed by atoms with E-state index in [4.69, 9.17) is 4.74 Å². The van der Waals surface area contributed by atoms with Gasteiger partial charge in [-0.2, -0.15) is 0 Å². The molecule has 0 saturated heterocycles. The summed E-state index contributed by atoms with van der Waals surface area (Å²) in [5.41, 5.74) is 2.85. The van der Waals surface area contributed by atoms with E-state index in [2.05, 4.69) is 15.5 Å². The monoisotopic (exact) mass is 382 g/mol. The summed E-state index contributed by atoms with van der Waals surface area (Å²) in [5.74, 6) is 1.77. The van der Waals surface area contributed by atoms with Gasteiger partial charge in [0.1, 0.15) is 5.75 Å². The van der Waals surface area contributed by atoms with Crippen LogP contribution in [0.15, 0.2) is 53.7 Å². The zero-order valence-corrected chi connectivity index (χ0v) is 16.4. The molecule has 1 heterocycles. The number of aromatic nitrogens is 3. The molecule has 7 heteroatoms. The highest BCUT2D eigenvalue weighted by molar-refractivity contribution is 7.99. The maximum atomic E-state index is 12.2. The van der Waals surface area contributed by atoms with Crippen molar-refractivity contribution in [3.8, 4) is 17.1 Å². The molecule has 2 aromatic carbocycles. The van der Waals surface area contributed by atoms with Gasteiger partial charge in [-0.25, -0.2) is 0 Å². The Bertz CT molecular complexity index is 922. The predicted molar refractivity (Wildman–Crippen MR) is 108 cm³/mol. The summed E-state index contributed by atoms with van der Waals surface area (Å²) in [6.07, 6.45) is 0. The zero-order chi connectivity index (χ0) is 19.2. The standard InChI is InChI=1S/C20H22N4O2S/c1-4-26-17-10-8-15(9-11-17)19-22-23-20(24(19)3)27-13-18(25)21-16-7-5-6-14(2)12-16/h5-12H,4,13H2,1-3H3,(H,21,25). The third-order valence-corrected chi connectivity index (χ3v) is 4.91. The fraction of sp³-hybridized carbons (Fsp3) is 0.250. The van der Waals surface area contributed by atoms with Crippen LogP contribution in [-0.2, 0) is 11.8 Å². The number of anilines is 1. The molecule has 0 radical (unpaired) electrons. The van der Waals surface area contributed by atoms with Crippen molar-refractivity contribution in [3.63, 3.8) is 0 Å². The molecule has 0 atom stereocenters. The normalized spacial score (nSPS) is 10.6.